The lowest BCUT2D eigenvalue weighted by Gasteiger charge is -2.23. The first kappa shape index (κ1) is 15.6. The lowest BCUT2D eigenvalue weighted by atomic mass is 9.81. The SMILES string of the molecule is COc1ccc(C(=O)N2C[C@@H]3CCC[C@@]3(C(=O)O)C2)c(OC)c1. The van der Waals surface area contributed by atoms with Gasteiger partial charge in [0.15, 0.2) is 0 Å². The number of carboxylic acids is 1. The fraction of sp³-hybridized carbons (Fsp3) is 0.529. The molecule has 1 amide bonds. The van der Waals surface area contributed by atoms with Gasteiger partial charge in [-0.3, -0.25) is 9.59 Å². The molecule has 0 bridgehead atoms. The lowest BCUT2D eigenvalue weighted by Crippen LogP contribution is -2.37. The van der Waals surface area contributed by atoms with Crippen molar-refractivity contribution in [2.75, 3.05) is 27.3 Å². The fourth-order valence-electron chi connectivity index (χ4n) is 3.94. The number of hydrogen-bond donors (Lipinski definition) is 1. The molecule has 1 heterocycles. The molecule has 2 atom stereocenters. The van der Waals surface area contributed by atoms with Gasteiger partial charge in [-0.1, -0.05) is 6.42 Å². The zero-order chi connectivity index (χ0) is 16.6. The number of carboxylic acid groups (broad SMARTS) is 1. The van der Waals surface area contributed by atoms with Gasteiger partial charge in [0.1, 0.15) is 11.5 Å². The molecule has 0 radical (unpaired) electrons. The highest BCUT2D eigenvalue weighted by Crippen LogP contribution is 2.49. The maximum atomic E-state index is 12.8. The smallest absolute Gasteiger partial charge is 0.311 e. The molecule has 1 aliphatic carbocycles. The molecule has 0 unspecified atom stereocenters. The summed E-state index contributed by atoms with van der Waals surface area (Å²) >= 11 is 0. The zero-order valence-corrected chi connectivity index (χ0v) is 13.4. The predicted molar refractivity (Wildman–Crippen MR) is 82.9 cm³/mol. The summed E-state index contributed by atoms with van der Waals surface area (Å²) in [5, 5.41) is 9.63. The Kier molecular flexibility index (Phi) is 3.92. The Hall–Kier alpha value is -2.24. The molecule has 0 aromatic heterocycles. The number of carbonyl (C=O) groups excluding carboxylic acids is 1. The van der Waals surface area contributed by atoms with Crippen molar-refractivity contribution in [1.29, 1.82) is 0 Å². The molecule has 3 rings (SSSR count). The van der Waals surface area contributed by atoms with Gasteiger partial charge >= 0.3 is 5.97 Å². The third kappa shape index (κ3) is 2.42. The standard InChI is InChI=1S/C17H21NO5/c1-22-12-5-6-13(14(8-12)23-2)15(19)18-9-11-4-3-7-17(11,10-18)16(20)21/h5-6,8,11H,3-4,7,9-10H2,1-2H3,(H,20,21)/t11-,17+/m0/s1. The van der Waals surface area contributed by atoms with E-state index in [0.717, 1.165) is 12.8 Å². The highest BCUT2D eigenvalue weighted by molar-refractivity contribution is 5.98. The normalized spacial score (nSPS) is 26.0. The molecule has 6 nitrogen and oxygen atoms in total. The fourth-order valence-corrected chi connectivity index (χ4v) is 3.94. The Morgan fingerprint density at radius 2 is 2.09 bits per heavy atom. The van der Waals surface area contributed by atoms with Gasteiger partial charge in [-0.15, -0.1) is 0 Å². The molecule has 1 N–H and O–H groups in total. The van der Waals surface area contributed by atoms with Crippen molar-refractivity contribution in [1.82, 2.24) is 4.90 Å². The van der Waals surface area contributed by atoms with Crippen molar-refractivity contribution in [3.05, 3.63) is 23.8 Å². The average molecular weight is 319 g/mol. The largest absolute Gasteiger partial charge is 0.497 e. The molecule has 0 spiro atoms. The number of amides is 1. The molecule has 23 heavy (non-hydrogen) atoms. The minimum absolute atomic E-state index is 0.0493. The van der Waals surface area contributed by atoms with Crippen LogP contribution in [0.2, 0.25) is 0 Å². The third-order valence-corrected chi connectivity index (χ3v) is 5.22. The van der Waals surface area contributed by atoms with Crippen molar-refractivity contribution in [3.63, 3.8) is 0 Å². The highest BCUT2D eigenvalue weighted by Gasteiger charge is 2.55. The maximum absolute atomic E-state index is 12.8. The summed E-state index contributed by atoms with van der Waals surface area (Å²) in [5.74, 6) is 0.138. The molecule has 1 saturated heterocycles. The van der Waals surface area contributed by atoms with Crippen molar-refractivity contribution >= 4 is 11.9 Å². The molecular formula is C17H21NO5. The van der Waals surface area contributed by atoms with Gasteiger partial charge in [0, 0.05) is 19.2 Å². The van der Waals surface area contributed by atoms with Gasteiger partial charge < -0.3 is 19.5 Å². The quantitative estimate of drug-likeness (QED) is 0.919. The predicted octanol–water partition coefficient (Wildman–Crippen LogP) is 2.03. The molecule has 124 valence electrons. The number of hydrogen-bond acceptors (Lipinski definition) is 4. The molecule has 1 aromatic rings. The number of nitrogens with zero attached hydrogens (tertiary/aromatic N) is 1. The summed E-state index contributed by atoms with van der Waals surface area (Å²) in [6.07, 6.45) is 2.44. The monoisotopic (exact) mass is 319 g/mol. The second-order valence-corrected chi connectivity index (χ2v) is 6.30. The third-order valence-electron chi connectivity index (χ3n) is 5.22. The number of methoxy groups -OCH3 is 2. The second-order valence-electron chi connectivity index (χ2n) is 6.30. The Morgan fingerprint density at radius 1 is 1.30 bits per heavy atom. The number of likely N-dealkylation sites (tertiary alicyclic amines) is 1. The van der Waals surface area contributed by atoms with Crippen LogP contribution in [0.15, 0.2) is 18.2 Å². The van der Waals surface area contributed by atoms with Crippen LogP contribution in [-0.4, -0.2) is 49.2 Å². The maximum Gasteiger partial charge on any atom is 0.311 e. The summed E-state index contributed by atoms with van der Waals surface area (Å²) < 4.78 is 10.4. The second kappa shape index (κ2) is 5.76. The van der Waals surface area contributed by atoms with E-state index >= 15 is 0 Å². The van der Waals surface area contributed by atoms with E-state index < -0.39 is 11.4 Å². The minimum atomic E-state index is -0.781. The van der Waals surface area contributed by atoms with E-state index in [4.69, 9.17) is 9.47 Å². The number of carbonyl (C=O) groups is 2. The van der Waals surface area contributed by atoms with Crippen LogP contribution in [0.3, 0.4) is 0 Å². The molecule has 6 heteroatoms. The van der Waals surface area contributed by atoms with Crippen molar-refractivity contribution in [2.24, 2.45) is 11.3 Å². The molecule has 2 aliphatic rings. The van der Waals surface area contributed by atoms with Crippen LogP contribution in [0.25, 0.3) is 0 Å². The first-order valence-corrected chi connectivity index (χ1v) is 7.76. The lowest BCUT2D eigenvalue weighted by molar-refractivity contribution is -0.149. The van der Waals surface area contributed by atoms with Gasteiger partial charge in [0.2, 0.25) is 0 Å². The number of fused-ring (bicyclic) bond motifs is 1. The van der Waals surface area contributed by atoms with Gasteiger partial charge in [-0.05, 0) is 30.9 Å². The van der Waals surface area contributed by atoms with Crippen LogP contribution in [0.5, 0.6) is 11.5 Å². The number of benzene rings is 1. The Labute approximate surface area is 135 Å². The highest BCUT2D eigenvalue weighted by atomic mass is 16.5. The van der Waals surface area contributed by atoms with E-state index in [-0.39, 0.29) is 18.4 Å². The zero-order valence-electron chi connectivity index (χ0n) is 13.4. The van der Waals surface area contributed by atoms with E-state index in [1.54, 1.807) is 30.2 Å². The summed E-state index contributed by atoms with van der Waals surface area (Å²) in [7, 11) is 3.05. The van der Waals surface area contributed by atoms with Crippen LogP contribution < -0.4 is 9.47 Å². The van der Waals surface area contributed by atoms with Gasteiger partial charge in [0.05, 0.1) is 25.2 Å². The van der Waals surface area contributed by atoms with E-state index in [1.165, 1.54) is 7.11 Å². The van der Waals surface area contributed by atoms with Gasteiger partial charge in [-0.25, -0.2) is 0 Å². The average Bonchev–Trinajstić information content (AvgIpc) is 3.11. The number of ether oxygens (including phenoxy) is 2. The first-order chi connectivity index (χ1) is 11.0. The summed E-state index contributed by atoms with van der Waals surface area (Å²) in [4.78, 5) is 26.2. The molecule has 1 saturated carbocycles. The van der Waals surface area contributed by atoms with Crippen LogP contribution in [0.1, 0.15) is 29.6 Å². The molecule has 1 aliphatic heterocycles. The van der Waals surface area contributed by atoms with Gasteiger partial charge in [-0.2, -0.15) is 0 Å². The molecule has 1 aromatic carbocycles. The number of aliphatic carboxylic acids is 1. The molecule has 2 fully saturated rings. The Morgan fingerprint density at radius 3 is 2.70 bits per heavy atom. The van der Waals surface area contributed by atoms with E-state index in [1.807, 2.05) is 0 Å². The van der Waals surface area contributed by atoms with Crippen LogP contribution in [0, 0.1) is 11.3 Å². The van der Waals surface area contributed by atoms with Gasteiger partial charge in [0.25, 0.3) is 5.91 Å². The summed E-state index contributed by atoms with van der Waals surface area (Å²) in [6.45, 7) is 0.779. The first-order valence-electron chi connectivity index (χ1n) is 7.76. The Balaban J connectivity index is 1.86. The number of rotatable bonds is 4. The van der Waals surface area contributed by atoms with Crippen molar-refractivity contribution in [3.8, 4) is 11.5 Å². The Bertz CT molecular complexity index is 644. The van der Waals surface area contributed by atoms with E-state index in [9.17, 15) is 14.7 Å². The van der Waals surface area contributed by atoms with Crippen LogP contribution in [0.4, 0.5) is 0 Å². The topological polar surface area (TPSA) is 76.1 Å². The minimum Gasteiger partial charge on any atom is -0.497 e. The molecular weight excluding hydrogens is 298 g/mol. The van der Waals surface area contributed by atoms with Crippen molar-refractivity contribution in [2.45, 2.75) is 19.3 Å². The van der Waals surface area contributed by atoms with Crippen molar-refractivity contribution < 1.29 is 24.2 Å². The van der Waals surface area contributed by atoms with Crippen LogP contribution in [-0.2, 0) is 4.79 Å². The van der Waals surface area contributed by atoms with E-state index in [2.05, 4.69) is 0 Å². The van der Waals surface area contributed by atoms with Crippen LogP contribution >= 0.6 is 0 Å². The van der Waals surface area contributed by atoms with E-state index in [0.29, 0.717) is 30.0 Å². The summed E-state index contributed by atoms with van der Waals surface area (Å²) in [6, 6.07) is 5.04. The summed E-state index contributed by atoms with van der Waals surface area (Å²) in [5.41, 5.74) is -0.330.